The second kappa shape index (κ2) is 7.81. The molecule has 0 saturated heterocycles. The molecule has 1 heterocycles. The highest BCUT2D eigenvalue weighted by Crippen LogP contribution is 2.37. The fourth-order valence-corrected chi connectivity index (χ4v) is 3.53. The second-order valence-electron chi connectivity index (χ2n) is 6.17. The smallest absolute Gasteiger partial charge is 0.142 e. The van der Waals surface area contributed by atoms with Gasteiger partial charge in [-0.05, 0) is 28.5 Å². The Morgan fingerprint density at radius 2 is 1.67 bits per heavy atom. The number of hydrogen-bond acceptors (Lipinski definition) is 2. The van der Waals surface area contributed by atoms with Crippen LogP contribution in [0.3, 0.4) is 0 Å². The molecule has 0 amide bonds. The summed E-state index contributed by atoms with van der Waals surface area (Å²) in [5.41, 5.74) is 1.03. The van der Waals surface area contributed by atoms with Gasteiger partial charge in [0.25, 0.3) is 0 Å². The Balaban J connectivity index is 1.73. The Morgan fingerprint density at radius 3 is 2.44 bits per heavy atom. The van der Waals surface area contributed by atoms with Gasteiger partial charge in [-0.1, -0.05) is 71.2 Å². The first-order valence-corrected chi connectivity index (χ1v) is 9.49. The highest BCUT2D eigenvalue weighted by molar-refractivity contribution is 6.43. The van der Waals surface area contributed by atoms with E-state index in [4.69, 9.17) is 39.5 Å². The van der Waals surface area contributed by atoms with Gasteiger partial charge in [0.15, 0.2) is 0 Å². The fraction of sp³-hybridized carbons (Fsp3) is 0.0952. The second-order valence-corrected chi connectivity index (χ2v) is 7.39. The molecule has 0 bridgehead atoms. The Hall–Kier alpha value is -2.20. The molecular weight excluding hydrogens is 403 g/mol. The normalized spacial score (nSPS) is 12.3. The van der Waals surface area contributed by atoms with Gasteiger partial charge in [0, 0.05) is 18.5 Å². The number of benzene rings is 3. The molecule has 3 nitrogen and oxygen atoms in total. The van der Waals surface area contributed by atoms with E-state index in [2.05, 4.69) is 35.3 Å². The van der Waals surface area contributed by atoms with Crippen LogP contribution in [-0.2, 0) is 6.54 Å². The Bertz CT molecular complexity index is 1080. The summed E-state index contributed by atoms with van der Waals surface area (Å²) in [7, 11) is 0. The maximum absolute atomic E-state index is 6.32. The zero-order valence-corrected chi connectivity index (χ0v) is 16.4. The Kier molecular flexibility index (Phi) is 5.26. The third-order valence-electron chi connectivity index (χ3n) is 4.33. The summed E-state index contributed by atoms with van der Waals surface area (Å²) in [4.78, 5) is 4.11. The van der Waals surface area contributed by atoms with Crippen LogP contribution in [0.2, 0.25) is 15.1 Å². The van der Waals surface area contributed by atoms with Gasteiger partial charge in [0.2, 0.25) is 0 Å². The van der Waals surface area contributed by atoms with Crippen molar-refractivity contribution in [1.29, 1.82) is 0 Å². The number of nitrogens with zero attached hydrogens (tertiary/aromatic N) is 2. The van der Waals surface area contributed by atoms with Crippen LogP contribution in [0.1, 0.15) is 11.7 Å². The molecule has 6 heteroatoms. The summed E-state index contributed by atoms with van der Waals surface area (Å²) in [6.07, 6.45) is 5.12. The number of ether oxygens (including phenoxy) is 1. The quantitative estimate of drug-likeness (QED) is 0.333. The monoisotopic (exact) mass is 416 g/mol. The molecule has 1 atom stereocenters. The summed E-state index contributed by atoms with van der Waals surface area (Å²) in [6, 6.07) is 17.7. The predicted octanol–water partition coefficient (Wildman–Crippen LogP) is 6.82. The van der Waals surface area contributed by atoms with E-state index in [9.17, 15) is 0 Å². The SMILES string of the molecule is Clc1cc(Cl)c(OC(Cn2ccnc2)c2ccc3ccccc3c2)cc1Cl. The molecular formula is C21H15Cl3N2O. The summed E-state index contributed by atoms with van der Waals surface area (Å²) < 4.78 is 8.23. The van der Waals surface area contributed by atoms with Crippen LogP contribution in [0.15, 0.2) is 73.3 Å². The molecule has 4 aromatic rings. The van der Waals surface area contributed by atoms with Gasteiger partial charge in [0.1, 0.15) is 11.9 Å². The van der Waals surface area contributed by atoms with Gasteiger partial charge in [-0.3, -0.25) is 0 Å². The van der Waals surface area contributed by atoms with Crippen molar-refractivity contribution in [1.82, 2.24) is 9.55 Å². The number of aromatic nitrogens is 2. The van der Waals surface area contributed by atoms with E-state index in [1.807, 2.05) is 22.9 Å². The first kappa shape index (κ1) is 18.2. The van der Waals surface area contributed by atoms with E-state index >= 15 is 0 Å². The lowest BCUT2D eigenvalue weighted by molar-refractivity contribution is 0.183. The van der Waals surface area contributed by atoms with Crippen molar-refractivity contribution in [3.63, 3.8) is 0 Å². The minimum Gasteiger partial charge on any atom is -0.482 e. The topological polar surface area (TPSA) is 27.1 Å². The van der Waals surface area contributed by atoms with Crippen molar-refractivity contribution in [2.75, 3.05) is 0 Å². The zero-order valence-electron chi connectivity index (χ0n) is 14.1. The van der Waals surface area contributed by atoms with Gasteiger partial charge < -0.3 is 9.30 Å². The fourth-order valence-electron chi connectivity index (χ4n) is 2.95. The van der Waals surface area contributed by atoms with Crippen molar-refractivity contribution in [3.05, 3.63) is 93.9 Å². The van der Waals surface area contributed by atoms with Crippen LogP contribution < -0.4 is 4.74 Å². The average Bonchev–Trinajstić information content (AvgIpc) is 3.18. The molecule has 0 spiro atoms. The number of hydrogen-bond donors (Lipinski definition) is 0. The van der Waals surface area contributed by atoms with Crippen molar-refractivity contribution >= 4 is 45.6 Å². The number of halogens is 3. The zero-order chi connectivity index (χ0) is 18.8. The molecule has 0 aliphatic carbocycles. The van der Waals surface area contributed by atoms with Crippen LogP contribution in [0.4, 0.5) is 0 Å². The van der Waals surface area contributed by atoms with Gasteiger partial charge >= 0.3 is 0 Å². The van der Waals surface area contributed by atoms with Gasteiger partial charge in [-0.15, -0.1) is 0 Å². The molecule has 0 saturated carbocycles. The van der Waals surface area contributed by atoms with E-state index in [1.165, 1.54) is 5.39 Å². The molecule has 3 aromatic carbocycles. The largest absolute Gasteiger partial charge is 0.482 e. The minimum absolute atomic E-state index is 0.279. The molecule has 27 heavy (non-hydrogen) atoms. The lowest BCUT2D eigenvalue weighted by Gasteiger charge is -2.21. The standard InChI is InChI=1S/C21H15Cl3N2O/c22-17-10-19(24)20(11-18(17)23)27-21(12-26-8-7-25-13-26)16-6-5-14-3-1-2-4-15(14)9-16/h1-11,13,21H,12H2. The third kappa shape index (κ3) is 4.06. The average molecular weight is 418 g/mol. The molecule has 0 radical (unpaired) electrons. The van der Waals surface area contributed by atoms with E-state index in [1.54, 1.807) is 24.7 Å². The minimum atomic E-state index is -0.279. The highest BCUT2D eigenvalue weighted by atomic mass is 35.5. The molecule has 0 fully saturated rings. The highest BCUT2D eigenvalue weighted by Gasteiger charge is 2.18. The van der Waals surface area contributed by atoms with E-state index < -0.39 is 0 Å². The Labute approximate surface area is 172 Å². The number of fused-ring (bicyclic) bond motifs is 1. The molecule has 1 unspecified atom stereocenters. The van der Waals surface area contributed by atoms with Crippen molar-refractivity contribution in [2.24, 2.45) is 0 Å². The van der Waals surface area contributed by atoms with Gasteiger partial charge in [-0.2, -0.15) is 0 Å². The Morgan fingerprint density at radius 1 is 0.889 bits per heavy atom. The number of rotatable bonds is 5. The molecule has 4 rings (SSSR count). The molecule has 0 aliphatic rings. The first-order valence-electron chi connectivity index (χ1n) is 8.36. The summed E-state index contributed by atoms with van der Waals surface area (Å²) >= 11 is 18.5. The van der Waals surface area contributed by atoms with Crippen LogP contribution in [0, 0.1) is 0 Å². The predicted molar refractivity (Wildman–Crippen MR) is 111 cm³/mol. The van der Waals surface area contributed by atoms with Gasteiger partial charge in [0.05, 0.1) is 27.9 Å². The van der Waals surface area contributed by atoms with Crippen molar-refractivity contribution in [2.45, 2.75) is 12.6 Å². The van der Waals surface area contributed by atoms with Crippen LogP contribution in [-0.4, -0.2) is 9.55 Å². The van der Waals surface area contributed by atoms with E-state index in [-0.39, 0.29) is 6.10 Å². The summed E-state index contributed by atoms with van der Waals surface area (Å²) in [6.45, 7) is 0.578. The van der Waals surface area contributed by atoms with E-state index in [0.717, 1.165) is 10.9 Å². The van der Waals surface area contributed by atoms with Gasteiger partial charge in [-0.25, -0.2) is 4.98 Å². The molecule has 0 aliphatic heterocycles. The van der Waals surface area contributed by atoms with Crippen LogP contribution in [0.5, 0.6) is 5.75 Å². The maximum atomic E-state index is 6.32. The number of imidazole rings is 1. The third-order valence-corrected chi connectivity index (χ3v) is 5.34. The maximum Gasteiger partial charge on any atom is 0.142 e. The molecule has 0 N–H and O–H groups in total. The molecule has 1 aromatic heterocycles. The van der Waals surface area contributed by atoms with Crippen molar-refractivity contribution in [3.8, 4) is 5.75 Å². The van der Waals surface area contributed by atoms with E-state index in [0.29, 0.717) is 27.4 Å². The lowest BCUT2D eigenvalue weighted by Crippen LogP contribution is -2.15. The lowest BCUT2D eigenvalue weighted by atomic mass is 10.0. The van der Waals surface area contributed by atoms with Crippen LogP contribution >= 0.6 is 34.8 Å². The van der Waals surface area contributed by atoms with Crippen LogP contribution in [0.25, 0.3) is 10.8 Å². The summed E-state index contributed by atoms with van der Waals surface area (Å²) in [5.74, 6) is 0.490. The molecule has 136 valence electrons. The first-order chi connectivity index (χ1) is 13.1. The van der Waals surface area contributed by atoms with Crippen molar-refractivity contribution < 1.29 is 4.74 Å². The summed E-state index contributed by atoms with van der Waals surface area (Å²) in [5, 5.41) is 3.53.